The lowest BCUT2D eigenvalue weighted by atomic mass is 9.87. The molecule has 6 nitrogen and oxygen atoms in total. The average molecular weight is 426 g/mol. The molecule has 6 heteroatoms. The second-order valence-corrected chi connectivity index (χ2v) is 9.48. The number of rotatable bonds is 5. The molecule has 1 N–H and O–H groups in total. The van der Waals surface area contributed by atoms with Crippen LogP contribution in [0.2, 0.25) is 0 Å². The number of likely N-dealkylation sites (tertiary alicyclic amines) is 2. The fourth-order valence-electron chi connectivity index (χ4n) is 5.36. The molecule has 3 amide bonds. The van der Waals surface area contributed by atoms with E-state index in [2.05, 4.69) is 5.32 Å². The third-order valence-corrected chi connectivity index (χ3v) is 7.39. The monoisotopic (exact) mass is 425 g/mol. The Labute approximate surface area is 185 Å². The van der Waals surface area contributed by atoms with E-state index in [1.54, 1.807) is 0 Å². The smallest absolute Gasteiger partial charge is 0.225 e. The maximum absolute atomic E-state index is 12.9. The fraction of sp³-hybridized carbons (Fsp3) is 0.640. The zero-order chi connectivity index (χ0) is 21.8. The molecular formula is C25H35N3O3. The molecule has 0 bridgehead atoms. The highest BCUT2D eigenvalue weighted by molar-refractivity contribution is 5.89. The molecule has 1 aliphatic carbocycles. The van der Waals surface area contributed by atoms with E-state index in [1.165, 1.54) is 19.3 Å². The van der Waals surface area contributed by atoms with Gasteiger partial charge in [-0.15, -0.1) is 0 Å². The van der Waals surface area contributed by atoms with E-state index < -0.39 is 0 Å². The molecule has 3 fully saturated rings. The fourth-order valence-corrected chi connectivity index (χ4v) is 5.36. The number of piperidine rings is 1. The second-order valence-electron chi connectivity index (χ2n) is 9.48. The van der Waals surface area contributed by atoms with Gasteiger partial charge in [-0.1, -0.05) is 49.6 Å². The van der Waals surface area contributed by atoms with E-state index in [1.807, 2.05) is 47.1 Å². The molecule has 0 aromatic heterocycles. The SMILES string of the molecule is CC(c1ccccc1)N1CC(C(=O)NC2CCN(C(=O)C3CCCCC3)CC2)CC1=O. The minimum absolute atomic E-state index is 0.0202. The zero-order valence-corrected chi connectivity index (χ0v) is 18.6. The van der Waals surface area contributed by atoms with Crippen molar-refractivity contribution >= 4 is 17.7 Å². The highest BCUT2D eigenvalue weighted by Crippen LogP contribution is 2.29. The first kappa shape index (κ1) is 21.8. The molecule has 0 radical (unpaired) electrons. The molecule has 2 heterocycles. The van der Waals surface area contributed by atoms with E-state index in [-0.39, 0.29) is 42.2 Å². The molecule has 2 atom stereocenters. The van der Waals surface area contributed by atoms with Crippen molar-refractivity contribution < 1.29 is 14.4 Å². The van der Waals surface area contributed by atoms with Gasteiger partial charge in [-0.3, -0.25) is 14.4 Å². The van der Waals surface area contributed by atoms with Gasteiger partial charge >= 0.3 is 0 Å². The van der Waals surface area contributed by atoms with Crippen LogP contribution in [0, 0.1) is 11.8 Å². The molecule has 0 spiro atoms. The largest absolute Gasteiger partial charge is 0.353 e. The van der Waals surface area contributed by atoms with Crippen molar-refractivity contribution in [2.45, 2.75) is 70.4 Å². The number of benzene rings is 1. The summed E-state index contributed by atoms with van der Waals surface area (Å²) in [5.41, 5.74) is 1.09. The summed E-state index contributed by atoms with van der Waals surface area (Å²) in [4.78, 5) is 42.0. The van der Waals surface area contributed by atoms with Crippen LogP contribution in [0.1, 0.15) is 69.9 Å². The quantitative estimate of drug-likeness (QED) is 0.787. The highest BCUT2D eigenvalue weighted by atomic mass is 16.2. The topological polar surface area (TPSA) is 69.7 Å². The number of amides is 3. The van der Waals surface area contributed by atoms with Crippen LogP contribution in [-0.4, -0.2) is 53.2 Å². The van der Waals surface area contributed by atoms with Crippen LogP contribution >= 0.6 is 0 Å². The first-order chi connectivity index (χ1) is 15.0. The van der Waals surface area contributed by atoms with Crippen molar-refractivity contribution in [3.8, 4) is 0 Å². The lowest BCUT2D eigenvalue weighted by Gasteiger charge is -2.35. The lowest BCUT2D eigenvalue weighted by Crippen LogP contribution is -2.49. The molecule has 1 aromatic carbocycles. The molecule has 2 aliphatic heterocycles. The van der Waals surface area contributed by atoms with E-state index >= 15 is 0 Å². The minimum Gasteiger partial charge on any atom is -0.353 e. The van der Waals surface area contributed by atoms with Crippen LogP contribution in [0.25, 0.3) is 0 Å². The van der Waals surface area contributed by atoms with Gasteiger partial charge in [0.05, 0.1) is 12.0 Å². The molecular weight excluding hydrogens is 390 g/mol. The van der Waals surface area contributed by atoms with Gasteiger partial charge in [0, 0.05) is 38.0 Å². The molecule has 168 valence electrons. The predicted molar refractivity (Wildman–Crippen MR) is 119 cm³/mol. The Kier molecular flexibility index (Phi) is 6.93. The van der Waals surface area contributed by atoms with Crippen molar-refractivity contribution in [2.75, 3.05) is 19.6 Å². The van der Waals surface area contributed by atoms with Gasteiger partial charge in [-0.2, -0.15) is 0 Å². The molecule has 1 saturated carbocycles. The van der Waals surface area contributed by atoms with Gasteiger partial charge in [-0.05, 0) is 38.2 Å². The second kappa shape index (κ2) is 9.84. The standard InChI is InChI=1S/C25H35N3O3/c1-18(19-8-4-2-5-9-19)28-17-21(16-23(28)29)24(30)26-22-12-14-27(15-13-22)25(31)20-10-6-3-7-11-20/h2,4-5,8-9,18,20-22H,3,6-7,10-17H2,1H3,(H,26,30). The van der Waals surface area contributed by atoms with Gasteiger partial charge < -0.3 is 15.1 Å². The highest BCUT2D eigenvalue weighted by Gasteiger charge is 2.38. The third kappa shape index (κ3) is 5.10. The number of carbonyl (C=O) groups is 3. The van der Waals surface area contributed by atoms with Crippen molar-refractivity contribution in [3.63, 3.8) is 0 Å². The summed E-state index contributed by atoms with van der Waals surface area (Å²) in [5.74, 6) is 0.261. The van der Waals surface area contributed by atoms with Crippen LogP contribution in [0.5, 0.6) is 0 Å². The van der Waals surface area contributed by atoms with Crippen LogP contribution in [0.15, 0.2) is 30.3 Å². The molecule has 2 unspecified atom stereocenters. The average Bonchev–Trinajstić information content (AvgIpc) is 3.21. The summed E-state index contributed by atoms with van der Waals surface area (Å²) in [5, 5.41) is 3.16. The Balaban J connectivity index is 1.25. The van der Waals surface area contributed by atoms with Crippen molar-refractivity contribution in [1.82, 2.24) is 15.1 Å². The summed E-state index contributed by atoms with van der Waals surface area (Å²) in [6.07, 6.45) is 7.53. The number of nitrogens with one attached hydrogen (secondary N) is 1. The van der Waals surface area contributed by atoms with Crippen molar-refractivity contribution in [2.24, 2.45) is 11.8 Å². The Morgan fingerprint density at radius 2 is 1.65 bits per heavy atom. The van der Waals surface area contributed by atoms with E-state index in [0.29, 0.717) is 12.5 Å². The Bertz CT molecular complexity index is 782. The number of nitrogens with zero attached hydrogens (tertiary/aromatic N) is 2. The Morgan fingerprint density at radius 3 is 2.32 bits per heavy atom. The van der Waals surface area contributed by atoms with Crippen molar-refractivity contribution in [1.29, 1.82) is 0 Å². The minimum atomic E-state index is -0.291. The summed E-state index contributed by atoms with van der Waals surface area (Å²) >= 11 is 0. The van der Waals surface area contributed by atoms with Crippen LogP contribution in [-0.2, 0) is 14.4 Å². The van der Waals surface area contributed by atoms with Crippen LogP contribution < -0.4 is 5.32 Å². The summed E-state index contributed by atoms with van der Waals surface area (Å²) < 4.78 is 0. The number of hydrogen-bond acceptors (Lipinski definition) is 3. The van der Waals surface area contributed by atoms with Gasteiger partial charge in [0.15, 0.2) is 0 Å². The summed E-state index contributed by atoms with van der Waals surface area (Å²) in [7, 11) is 0. The maximum Gasteiger partial charge on any atom is 0.225 e. The van der Waals surface area contributed by atoms with E-state index in [9.17, 15) is 14.4 Å². The number of carbonyl (C=O) groups excluding carboxylic acids is 3. The van der Waals surface area contributed by atoms with Crippen LogP contribution in [0.4, 0.5) is 0 Å². The van der Waals surface area contributed by atoms with Crippen LogP contribution in [0.3, 0.4) is 0 Å². The Hall–Kier alpha value is -2.37. The van der Waals surface area contributed by atoms with Crippen molar-refractivity contribution in [3.05, 3.63) is 35.9 Å². The zero-order valence-electron chi connectivity index (χ0n) is 18.6. The Morgan fingerprint density at radius 1 is 0.968 bits per heavy atom. The third-order valence-electron chi connectivity index (χ3n) is 7.39. The molecule has 31 heavy (non-hydrogen) atoms. The first-order valence-corrected chi connectivity index (χ1v) is 12.0. The van der Waals surface area contributed by atoms with Gasteiger partial charge in [0.25, 0.3) is 0 Å². The van der Waals surface area contributed by atoms with Gasteiger partial charge in [0.2, 0.25) is 17.7 Å². The van der Waals surface area contributed by atoms with E-state index in [4.69, 9.17) is 0 Å². The summed E-state index contributed by atoms with van der Waals surface area (Å²) in [6.45, 7) is 3.94. The molecule has 2 saturated heterocycles. The maximum atomic E-state index is 12.9. The lowest BCUT2D eigenvalue weighted by molar-refractivity contribution is -0.138. The van der Waals surface area contributed by atoms with E-state index in [0.717, 1.165) is 44.3 Å². The number of hydrogen-bond donors (Lipinski definition) is 1. The predicted octanol–water partition coefficient (Wildman–Crippen LogP) is 3.28. The molecule has 1 aromatic rings. The normalized spacial score (nSPS) is 24.3. The molecule has 3 aliphatic rings. The first-order valence-electron chi connectivity index (χ1n) is 12.0. The van der Waals surface area contributed by atoms with Gasteiger partial charge in [0.1, 0.15) is 0 Å². The van der Waals surface area contributed by atoms with Gasteiger partial charge in [-0.25, -0.2) is 0 Å². The molecule has 4 rings (SSSR count). The summed E-state index contributed by atoms with van der Waals surface area (Å²) in [6, 6.07) is 10.0.